The molecule has 0 unspecified atom stereocenters. The second kappa shape index (κ2) is 12.4. The van der Waals surface area contributed by atoms with Gasteiger partial charge in [0, 0.05) is 36.6 Å². The Hall–Kier alpha value is -5.14. The Morgan fingerprint density at radius 2 is 1.79 bits per heavy atom. The molecule has 1 fully saturated rings. The van der Waals surface area contributed by atoms with E-state index < -0.39 is 12.3 Å². The largest absolute Gasteiger partial charge is 0.573 e. The van der Waals surface area contributed by atoms with Crippen LogP contribution in [-0.4, -0.2) is 70.6 Å². The Morgan fingerprint density at radius 1 is 1.02 bits per heavy atom. The van der Waals surface area contributed by atoms with Gasteiger partial charge in [-0.2, -0.15) is 4.98 Å². The second-order valence-electron chi connectivity index (χ2n) is 9.59. The van der Waals surface area contributed by atoms with Crippen LogP contribution in [0.25, 0.3) is 22.8 Å². The number of esters is 1. The van der Waals surface area contributed by atoms with Crippen molar-refractivity contribution in [1.82, 2.24) is 19.6 Å². The number of pyridine rings is 1. The maximum atomic E-state index is 12.7. The van der Waals surface area contributed by atoms with Crippen molar-refractivity contribution >= 4 is 17.6 Å². The zero-order valence-corrected chi connectivity index (χ0v) is 22.9. The molecule has 3 heterocycles. The van der Waals surface area contributed by atoms with E-state index >= 15 is 0 Å². The lowest BCUT2D eigenvalue weighted by Crippen LogP contribution is -2.52. The van der Waals surface area contributed by atoms with E-state index in [9.17, 15) is 27.6 Å². The Kier molecular flexibility index (Phi) is 8.46. The lowest BCUT2D eigenvalue weighted by atomic mass is 10.1. The highest BCUT2D eigenvalue weighted by Crippen LogP contribution is 2.27. The van der Waals surface area contributed by atoms with Gasteiger partial charge >= 0.3 is 12.3 Å². The number of piperazine rings is 1. The number of hydrogen-bond acceptors (Lipinski definition) is 9. The average Bonchev–Trinajstić information content (AvgIpc) is 3.46. The highest BCUT2D eigenvalue weighted by Gasteiger charge is 2.31. The number of rotatable bonds is 9. The number of carbonyl (C=O) groups is 2. The van der Waals surface area contributed by atoms with E-state index in [0.717, 1.165) is 23.4 Å². The smallest absolute Gasteiger partial charge is 0.465 e. The van der Waals surface area contributed by atoms with Gasteiger partial charge in [-0.25, -0.2) is 0 Å². The zero-order valence-electron chi connectivity index (χ0n) is 22.9. The van der Waals surface area contributed by atoms with Gasteiger partial charge in [-0.05, 0) is 55.0 Å². The van der Waals surface area contributed by atoms with Gasteiger partial charge in [0.25, 0.3) is 11.4 Å². The lowest BCUT2D eigenvalue weighted by Gasteiger charge is -2.35. The van der Waals surface area contributed by atoms with Crippen LogP contribution in [0.3, 0.4) is 0 Å². The van der Waals surface area contributed by atoms with E-state index in [-0.39, 0.29) is 55.2 Å². The number of hydrogen-bond donors (Lipinski definition) is 0. The van der Waals surface area contributed by atoms with Gasteiger partial charge in [-0.1, -0.05) is 17.3 Å². The van der Waals surface area contributed by atoms with Crippen LogP contribution in [0.1, 0.15) is 12.5 Å². The van der Waals surface area contributed by atoms with Crippen molar-refractivity contribution in [2.24, 2.45) is 0 Å². The third-order valence-corrected chi connectivity index (χ3v) is 6.58. The van der Waals surface area contributed by atoms with Gasteiger partial charge in [-0.15, -0.1) is 13.2 Å². The number of benzene rings is 2. The summed E-state index contributed by atoms with van der Waals surface area (Å²) in [5.74, 6) is -0.732. The van der Waals surface area contributed by atoms with Crippen molar-refractivity contribution < 1.29 is 36.8 Å². The fourth-order valence-electron chi connectivity index (χ4n) is 4.55. The molecule has 1 amide bonds. The van der Waals surface area contributed by atoms with E-state index in [2.05, 4.69) is 14.9 Å². The van der Waals surface area contributed by atoms with Crippen molar-refractivity contribution in [1.29, 1.82) is 0 Å². The van der Waals surface area contributed by atoms with E-state index in [1.54, 1.807) is 13.1 Å². The van der Waals surface area contributed by atoms with Crippen molar-refractivity contribution in [3.8, 4) is 28.6 Å². The summed E-state index contributed by atoms with van der Waals surface area (Å²) in [4.78, 5) is 44.8. The molecule has 5 rings (SSSR count). The number of alkyl halides is 3. The molecule has 14 heteroatoms. The van der Waals surface area contributed by atoms with Gasteiger partial charge in [0.05, 0.1) is 25.3 Å². The molecule has 0 bridgehead atoms. The van der Waals surface area contributed by atoms with Gasteiger partial charge in [0.15, 0.2) is 0 Å². The predicted molar refractivity (Wildman–Crippen MR) is 147 cm³/mol. The number of anilines is 1. The third kappa shape index (κ3) is 7.39. The van der Waals surface area contributed by atoms with Crippen LogP contribution in [0.15, 0.2) is 76.2 Å². The number of nitrogens with zero attached hydrogens (tertiary/aromatic N) is 5. The fourth-order valence-corrected chi connectivity index (χ4v) is 4.55. The molecule has 1 aliphatic rings. The molecule has 2 aromatic heterocycles. The Labute approximate surface area is 243 Å². The first-order valence-corrected chi connectivity index (χ1v) is 13.3. The van der Waals surface area contributed by atoms with Crippen LogP contribution >= 0.6 is 0 Å². The molecule has 2 aromatic carbocycles. The van der Waals surface area contributed by atoms with E-state index in [0.29, 0.717) is 24.2 Å². The summed E-state index contributed by atoms with van der Waals surface area (Å²) in [6.07, 6.45) is -3.23. The van der Waals surface area contributed by atoms with Gasteiger partial charge in [0.1, 0.15) is 12.3 Å². The number of carbonyl (C=O) groups excluding carboxylic acids is 2. The van der Waals surface area contributed by atoms with Crippen LogP contribution in [0.4, 0.5) is 18.9 Å². The van der Waals surface area contributed by atoms with Gasteiger partial charge in [-0.3, -0.25) is 14.4 Å². The molecule has 0 saturated carbocycles. The van der Waals surface area contributed by atoms with Gasteiger partial charge < -0.3 is 28.4 Å². The summed E-state index contributed by atoms with van der Waals surface area (Å²) in [6, 6.07) is 15.4. The molecular weight excluding hydrogens is 571 g/mol. The minimum atomic E-state index is -4.80. The molecule has 43 heavy (non-hydrogen) atoms. The maximum Gasteiger partial charge on any atom is 0.573 e. The molecular formula is C29H26F3N5O6. The summed E-state index contributed by atoms with van der Waals surface area (Å²) in [5, 5.41) is 3.90. The molecule has 0 N–H and O–H groups in total. The maximum absolute atomic E-state index is 12.7. The van der Waals surface area contributed by atoms with Crippen molar-refractivity contribution in [2.45, 2.75) is 19.8 Å². The van der Waals surface area contributed by atoms with Crippen LogP contribution < -0.4 is 15.2 Å². The van der Waals surface area contributed by atoms with Crippen molar-refractivity contribution in [2.75, 3.05) is 37.7 Å². The second-order valence-corrected chi connectivity index (χ2v) is 9.59. The molecule has 0 spiro atoms. The standard InChI is InChI=1S/C29H26F3N5O6/c1-2-41-26(40)18-36-13-12-35(17-25(36)39)22-5-3-4-19(14-22)15-37-16-21(8-11-24(37)38)28-33-27(34-43-28)20-6-9-23(10-7-20)42-29(30,31)32/h3-11,14,16H,2,12-13,15,17-18H2,1H3. The SMILES string of the molecule is CCOC(=O)CN1CCN(c2cccc(Cn3cc(-c4nc(-c5ccc(OC(F)(F)F)cc5)no4)ccc3=O)c2)CC1=O. The van der Waals surface area contributed by atoms with Crippen molar-refractivity contribution in [3.05, 3.63) is 82.8 Å². The van der Waals surface area contributed by atoms with Crippen LogP contribution in [0.5, 0.6) is 5.75 Å². The first-order valence-electron chi connectivity index (χ1n) is 13.3. The van der Waals surface area contributed by atoms with Crippen molar-refractivity contribution in [3.63, 3.8) is 0 Å². The molecule has 0 aliphatic carbocycles. The van der Waals surface area contributed by atoms with Gasteiger partial charge in [0.2, 0.25) is 11.7 Å². The van der Waals surface area contributed by atoms with E-state index in [1.807, 2.05) is 29.2 Å². The first-order chi connectivity index (χ1) is 20.6. The molecule has 11 nitrogen and oxygen atoms in total. The Bertz CT molecular complexity index is 1670. The summed E-state index contributed by atoms with van der Waals surface area (Å²) in [5.41, 5.74) is 2.23. The van der Waals surface area contributed by atoms with E-state index in [1.165, 1.54) is 33.7 Å². The predicted octanol–water partition coefficient (Wildman–Crippen LogP) is 3.72. The summed E-state index contributed by atoms with van der Waals surface area (Å²) >= 11 is 0. The summed E-state index contributed by atoms with van der Waals surface area (Å²) in [6.45, 7) is 3.12. The Morgan fingerprint density at radius 3 is 2.51 bits per heavy atom. The summed E-state index contributed by atoms with van der Waals surface area (Å²) < 4.78 is 52.9. The normalized spacial score (nSPS) is 13.7. The monoisotopic (exact) mass is 597 g/mol. The number of ether oxygens (including phenoxy) is 2. The van der Waals surface area contributed by atoms with Crippen LogP contribution in [0.2, 0.25) is 0 Å². The first kappa shape index (κ1) is 29.4. The van der Waals surface area contributed by atoms with E-state index in [4.69, 9.17) is 9.26 Å². The Balaban J connectivity index is 1.27. The number of amides is 1. The molecule has 0 radical (unpaired) electrons. The topological polar surface area (TPSA) is 120 Å². The number of halogens is 3. The molecule has 1 aliphatic heterocycles. The fraction of sp³-hybridized carbons (Fsp3) is 0.276. The highest BCUT2D eigenvalue weighted by atomic mass is 19.4. The molecule has 0 atom stereocenters. The van der Waals surface area contributed by atoms with Crippen LogP contribution in [-0.2, 0) is 20.9 Å². The highest BCUT2D eigenvalue weighted by molar-refractivity contribution is 5.86. The zero-order chi connectivity index (χ0) is 30.6. The minimum Gasteiger partial charge on any atom is -0.465 e. The summed E-state index contributed by atoms with van der Waals surface area (Å²) in [7, 11) is 0. The number of aromatic nitrogens is 3. The molecule has 1 saturated heterocycles. The molecule has 4 aromatic rings. The minimum absolute atomic E-state index is 0.0788. The molecule has 224 valence electrons. The average molecular weight is 598 g/mol. The lowest BCUT2D eigenvalue weighted by molar-refractivity contribution is -0.274. The van der Waals surface area contributed by atoms with Crippen LogP contribution in [0, 0.1) is 0 Å². The third-order valence-electron chi connectivity index (χ3n) is 6.58. The quantitative estimate of drug-likeness (QED) is 0.266.